The Bertz CT molecular complexity index is 935. The molecule has 27 heavy (non-hydrogen) atoms. The van der Waals surface area contributed by atoms with Crippen molar-refractivity contribution >= 4 is 17.5 Å². The Hall–Kier alpha value is -2.96. The number of carbonyl (C=O) groups is 2. The third-order valence-electron chi connectivity index (χ3n) is 4.92. The van der Waals surface area contributed by atoms with Gasteiger partial charge in [-0.1, -0.05) is 6.07 Å². The number of carbonyl (C=O) groups excluding carboxylic acids is 2. The van der Waals surface area contributed by atoms with E-state index in [9.17, 15) is 14.4 Å². The van der Waals surface area contributed by atoms with Crippen molar-refractivity contribution in [2.75, 3.05) is 18.0 Å². The predicted molar refractivity (Wildman–Crippen MR) is 103 cm³/mol. The molecule has 1 fully saturated rings. The van der Waals surface area contributed by atoms with E-state index in [2.05, 4.69) is 10.4 Å². The number of anilines is 1. The normalized spacial score (nSPS) is 16.6. The Labute approximate surface area is 158 Å². The van der Waals surface area contributed by atoms with Crippen molar-refractivity contribution in [3.8, 4) is 0 Å². The maximum absolute atomic E-state index is 12.4. The van der Waals surface area contributed by atoms with Gasteiger partial charge in [0.2, 0.25) is 11.8 Å². The minimum Gasteiger partial charge on any atom is -0.354 e. The fourth-order valence-electron chi connectivity index (χ4n) is 3.17. The van der Waals surface area contributed by atoms with Crippen LogP contribution in [0.5, 0.6) is 0 Å². The van der Waals surface area contributed by atoms with E-state index >= 15 is 0 Å². The minimum absolute atomic E-state index is 0.0463. The summed E-state index contributed by atoms with van der Waals surface area (Å²) in [6.45, 7) is 6.80. The molecular weight excluding hydrogens is 344 g/mol. The second-order valence-electron chi connectivity index (χ2n) is 7.00. The number of rotatable bonds is 5. The quantitative estimate of drug-likeness (QED) is 0.863. The van der Waals surface area contributed by atoms with Crippen LogP contribution < -0.4 is 15.8 Å². The highest BCUT2D eigenvalue weighted by molar-refractivity contribution is 6.00. The summed E-state index contributed by atoms with van der Waals surface area (Å²) in [5, 5.41) is 6.95. The number of hydrogen-bond acceptors (Lipinski definition) is 4. The lowest BCUT2D eigenvalue weighted by molar-refractivity contribution is -0.126. The van der Waals surface area contributed by atoms with Crippen LogP contribution >= 0.6 is 0 Å². The van der Waals surface area contributed by atoms with E-state index < -0.39 is 0 Å². The average Bonchev–Trinajstić information content (AvgIpc) is 3.02. The maximum Gasteiger partial charge on any atom is 0.266 e. The molecule has 3 rings (SSSR count). The summed E-state index contributed by atoms with van der Waals surface area (Å²) < 4.78 is 1.33. The first kappa shape index (κ1) is 18.8. The van der Waals surface area contributed by atoms with E-state index in [1.165, 1.54) is 16.3 Å². The number of amides is 2. The molecular formula is C20H24N4O3. The maximum atomic E-state index is 12.4. The third-order valence-corrected chi connectivity index (χ3v) is 4.92. The molecule has 7 nitrogen and oxygen atoms in total. The molecule has 1 N–H and O–H groups in total. The van der Waals surface area contributed by atoms with E-state index in [4.69, 9.17) is 0 Å². The van der Waals surface area contributed by atoms with Gasteiger partial charge in [0.05, 0.1) is 18.2 Å². The van der Waals surface area contributed by atoms with Crippen molar-refractivity contribution in [2.45, 2.75) is 33.7 Å². The summed E-state index contributed by atoms with van der Waals surface area (Å²) in [7, 11) is 0. The van der Waals surface area contributed by atoms with Gasteiger partial charge >= 0.3 is 0 Å². The molecule has 2 amide bonds. The second kappa shape index (κ2) is 7.73. The van der Waals surface area contributed by atoms with Crippen LogP contribution in [0.2, 0.25) is 0 Å². The highest BCUT2D eigenvalue weighted by atomic mass is 16.2. The number of nitrogens with one attached hydrogen (secondary N) is 1. The fourth-order valence-corrected chi connectivity index (χ4v) is 3.17. The zero-order valence-electron chi connectivity index (χ0n) is 15.9. The van der Waals surface area contributed by atoms with Gasteiger partial charge in [0.25, 0.3) is 5.56 Å². The highest BCUT2D eigenvalue weighted by Crippen LogP contribution is 2.26. The zero-order valence-corrected chi connectivity index (χ0v) is 15.9. The third kappa shape index (κ3) is 4.24. The molecule has 7 heteroatoms. The zero-order chi connectivity index (χ0) is 19.6. The highest BCUT2D eigenvalue weighted by Gasteiger charge is 2.35. The Kier molecular flexibility index (Phi) is 5.39. The molecule has 1 atom stereocenters. The molecule has 1 aromatic carbocycles. The van der Waals surface area contributed by atoms with Crippen molar-refractivity contribution in [1.29, 1.82) is 0 Å². The smallest absolute Gasteiger partial charge is 0.266 e. The van der Waals surface area contributed by atoms with Gasteiger partial charge in [-0.05, 0) is 50.1 Å². The number of aryl methyl sites for hydroxylation is 3. The van der Waals surface area contributed by atoms with Gasteiger partial charge < -0.3 is 10.2 Å². The van der Waals surface area contributed by atoms with Gasteiger partial charge in [-0.2, -0.15) is 5.10 Å². The molecule has 2 heterocycles. The summed E-state index contributed by atoms with van der Waals surface area (Å²) in [5.41, 5.74) is 3.65. The molecule has 1 aliphatic heterocycles. The molecule has 142 valence electrons. The van der Waals surface area contributed by atoms with Crippen LogP contribution in [0.25, 0.3) is 0 Å². The van der Waals surface area contributed by atoms with E-state index in [1.807, 2.05) is 32.0 Å². The largest absolute Gasteiger partial charge is 0.354 e. The van der Waals surface area contributed by atoms with Crippen LogP contribution in [0.1, 0.15) is 23.2 Å². The molecule has 0 radical (unpaired) electrons. The van der Waals surface area contributed by atoms with Gasteiger partial charge in [-0.25, -0.2) is 4.68 Å². The van der Waals surface area contributed by atoms with Crippen LogP contribution in [-0.2, 0) is 16.1 Å². The van der Waals surface area contributed by atoms with Gasteiger partial charge in [0, 0.05) is 31.3 Å². The molecule has 0 bridgehead atoms. The predicted octanol–water partition coefficient (Wildman–Crippen LogP) is 1.34. The molecule has 0 aliphatic carbocycles. The molecule has 1 aliphatic rings. The molecule has 0 saturated carbocycles. The molecule has 1 aromatic heterocycles. The van der Waals surface area contributed by atoms with Crippen molar-refractivity contribution in [3.05, 3.63) is 57.5 Å². The first-order chi connectivity index (χ1) is 12.8. The van der Waals surface area contributed by atoms with Crippen LogP contribution in [-0.4, -0.2) is 34.7 Å². The number of nitrogens with zero attached hydrogens (tertiary/aromatic N) is 3. The number of benzene rings is 1. The lowest BCUT2D eigenvalue weighted by Crippen LogP contribution is -2.36. The lowest BCUT2D eigenvalue weighted by atomic mass is 10.1. The van der Waals surface area contributed by atoms with Crippen LogP contribution in [0.3, 0.4) is 0 Å². The monoisotopic (exact) mass is 368 g/mol. The van der Waals surface area contributed by atoms with Gasteiger partial charge in [-0.15, -0.1) is 0 Å². The summed E-state index contributed by atoms with van der Waals surface area (Å²) in [6.07, 6.45) is 0.196. The van der Waals surface area contributed by atoms with Crippen LogP contribution in [0.4, 0.5) is 5.69 Å². The lowest BCUT2D eigenvalue weighted by Gasteiger charge is -2.18. The van der Waals surface area contributed by atoms with Crippen molar-refractivity contribution in [2.24, 2.45) is 5.92 Å². The first-order valence-corrected chi connectivity index (χ1v) is 9.05. The van der Waals surface area contributed by atoms with Crippen LogP contribution in [0.15, 0.2) is 35.1 Å². The van der Waals surface area contributed by atoms with Crippen molar-refractivity contribution < 1.29 is 9.59 Å². The van der Waals surface area contributed by atoms with E-state index in [0.29, 0.717) is 19.6 Å². The molecule has 1 saturated heterocycles. The average molecular weight is 368 g/mol. The Morgan fingerprint density at radius 2 is 1.93 bits per heavy atom. The minimum atomic E-state index is -0.388. The fraction of sp³-hybridized carbons (Fsp3) is 0.400. The summed E-state index contributed by atoms with van der Waals surface area (Å²) in [5.74, 6) is -0.605. The summed E-state index contributed by atoms with van der Waals surface area (Å²) in [6, 6.07) is 8.99. The SMILES string of the molecule is Cc1ccc(=O)n(CCNC(=O)C2CC(=O)N(c3ccc(C)c(C)c3)C2)n1. The summed E-state index contributed by atoms with van der Waals surface area (Å²) >= 11 is 0. The van der Waals surface area contributed by atoms with E-state index in [0.717, 1.165) is 16.9 Å². The van der Waals surface area contributed by atoms with Gasteiger partial charge in [0.1, 0.15) is 0 Å². The Balaban J connectivity index is 1.58. The topological polar surface area (TPSA) is 84.3 Å². The number of aromatic nitrogens is 2. The Morgan fingerprint density at radius 1 is 1.15 bits per heavy atom. The molecule has 2 aromatic rings. The Morgan fingerprint density at radius 3 is 2.67 bits per heavy atom. The molecule has 1 unspecified atom stereocenters. The van der Waals surface area contributed by atoms with Crippen molar-refractivity contribution in [3.63, 3.8) is 0 Å². The van der Waals surface area contributed by atoms with Crippen LogP contribution in [0, 0.1) is 26.7 Å². The van der Waals surface area contributed by atoms with E-state index in [1.54, 1.807) is 17.9 Å². The molecule has 0 spiro atoms. The standard InChI is InChI=1S/C20H24N4O3/c1-13-4-6-17(10-14(13)2)23-12-16(11-19(23)26)20(27)21-8-9-24-18(25)7-5-15(3)22-24/h4-7,10,16H,8-9,11-12H2,1-3H3,(H,21,27). The second-order valence-corrected chi connectivity index (χ2v) is 7.00. The van der Waals surface area contributed by atoms with E-state index in [-0.39, 0.29) is 29.7 Å². The van der Waals surface area contributed by atoms with Gasteiger partial charge in [-0.3, -0.25) is 14.4 Å². The van der Waals surface area contributed by atoms with Crippen molar-refractivity contribution in [1.82, 2.24) is 15.1 Å². The summed E-state index contributed by atoms with van der Waals surface area (Å²) in [4.78, 5) is 38.2. The van der Waals surface area contributed by atoms with Gasteiger partial charge in [0.15, 0.2) is 0 Å². The first-order valence-electron chi connectivity index (χ1n) is 9.05. The number of hydrogen-bond donors (Lipinski definition) is 1.